The fraction of sp³-hybridized carbons (Fsp3) is 0.613. The summed E-state index contributed by atoms with van der Waals surface area (Å²) in [6.45, 7) is 0.306. The number of hydrogen-bond acceptors (Lipinski definition) is 12. The highest BCUT2D eigenvalue weighted by atomic mass is 16.7. The van der Waals surface area contributed by atoms with E-state index in [1.165, 1.54) is 0 Å². The summed E-state index contributed by atoms with van der Waals surface area (Å²) in [5.74, 6) is 4.44. The molecule has 2 aromatic rings. The van der Waals surface area contributed by atoms with E-state index >= 15 is 0 Å². The predicted octanol–water partition coefficient (Wildman–Crippen LogP) is 5.39. The summed E-state index contributed by atoms with van der Waals surface area (Å²) >= 11 is 0. The van der Waals surface area contributed by atoms with Gasteiger partial charge in [0, 0.05) is 51.7 Å². The largest absolute Gasteiger partial charge is 0.493 e. The highest BCUT2D eigenvalue weighted by molar-refractivity contribution is 5.62. The highest BCUT2D eigenvalue weighted by Crippen LogP contribution is 2.47. The first-order chi connectivity index (χ1) is 21.0. The van der Waals surface area contributed by atoms with Gasteiger partial charge in [-0.25, -0.2) is 0 Å². The summed E-state index contributed by atoms with van der Waals surface area (Å²) in [6.07, 6.45) is 6.18. The highest BCUT2D eigenvalue weighted by Gasteiger charge is 2.24. The lowest BCUT2D eigenvalue weighted by Gasteiger charge is -2.21. The summed E-state index contributed by atoms with van der Waals surface area (Å²) in [5, 5.41) is 0. The van der Waals surface area contributed by atoms with E-state index in [1.54, 1.807) is 69.0 Å². The Balaban J connectivity index is 2.12. The average Bonchev–Trinajstić information content (AvgIpc) is 3.03. The van der Waals surface area contributed by atoms with Crippen LogP contribution in [-0.2, 0) is 31.8 Å². The van der Waals surface area contributed by atoms with Crippen LogP contribution in [0.2, 0.25) is 0 Å². The number of benzene rings is 2. The Kier molecular flexibility index (Phi) is 17.2. The molecule has 2 aromatic carbocycles. The van der Waals surface area contributed by atoms with Crippen LogP contribution in [-0.4, -0.2) is 84.1 Å². The molecular formula is C31H48O12. The summed E-state index contributed by atoms with van der Waals surface area (Å²) in [4.78, 5) is 0. The molecule has 0 fully saturated rings. The van der Waals surface area contributed by atoms with Gasteiger partial charge < -0.3 is 56.8 Å². The summed E-state index contributed by atoms with van der Waals surface area (Å²) in [7, 11) is 12.6. The first kappa shape index (κ1) is 35.9. The summed E-state index contributed by atoms with van der Waals surface area (Å²) in [6, 6.07) is 3.46. The maximum absolute atomic E-state index is 5.89. The molecular weight excluding hydrogens is 564 g/mol. The van der Waals surface area contributed by atoms with E-state index < -0.39 is 0 Å². The standard InChI is InChI=1S/C31H48O12/c1-32-18-40-26-16-24(36-5)30(42-20-34-3)22(28(26)38-7)14-12-10-9-11-13-15-23-29(39-8)27(41-19-33-2)17-25(37-6)31(23)43-21-35-4/h16-17H,9-15,18-21H2,1-8H3. The van der Waals surface area contributed by atoms with Crippen LogP contribution in [0.4, 0.5) is 0 Å². The molecule has 0 heterocycles. The lowest BCUT2D eigenvalue weighted by Crippen LogP contribution is -2.08. The zero-order valence-corrected chi connectivity index (χ0v) is 26.8. The Hall–Kier alpha value is -3.32. The molecule has 0 aliphatic carbocycles. The quantitative estimate of drug-likeness (QED) is 0.112. The second-order valence-corrected chi connectivity index (χ2v) is 9.31. The molecule has 244 valence electrons. The molecule has 0 unspecified atom stereocenters. The van der Waals surface area contributed by atoms with Crippen LogP contribution >= 0.6 is 0 Å². The molecule has 0 spiro atoms. The van der Waals surface area contributed by atoms with Crippen molar-refractivity contribution in [3.8, 4) is 46.0 Å². The molecule has 0 bridgehead atoms. The number of unbranched alkanes of at least 4 members (excludes halogenated alkanes) is 4. The Morgan fingerprint density at radius 1 is 0.372 bits per heavy atom. The first-order valence-electron chi connectivity index (χ1n) is 14.1. The molecule has 12 nitrogen and oxygen atoms in total. The van der Waals surface area contributed by atoms with E-state index in [1.807, 2.05) is 0 Å². The average molecular weight is 613 g/mol. The van der Waals surface area contributed by atoms with Crippen LogP contribution in [0.25, 0.3) is 0 Å². The molecule has 0 N–H and O–H groups in total. The minimum absolute atomic E-state index is 0.0762. The number of rotatable bonds is 24. The van der Waals surface area contributed by atoms with Crippen LogP contribution in [0, 0.1) is 0 Å². The minimum atomic E-state index is 0.0762. The Morgan fingerprint density at radius 3 is 1.05 bits per heavy atom. The van der Waals surface area contributed by atoms with E-state index in [9.17, 15) is 0 Å². The summed E-state index contributed by atoms with van der Waals surface area (Å²) in [5.41, 5.74) is 1.71. The van der Waals surface area contributed by atoms with Gasteiger partial charge in [-0.15, -0.1) is 0 Å². The van der Waals surface area contributed by atoms with Crippen molar-refractivity contribution in [2.45, 2.75) is 44.9 Å². The zero-order chi connectivity index (χ0) is 31.5. The van der Waals surface area contributed by atoms with Crippen molar-refractivity contribution >= 4 is 0 Å². The molecule has 0 aromatic heterocycles. The first-order valence-corrected chi connectivity index (χ1v) is 14.1. The van der Waals surface area contributed by atoms with Crippen LogP contribution < -0.4 is 37.9 Å². The minimum Gasteiger partial charge on any atom is -0.493 e. The third kappa shape index (κ3) is 10.4. The van der Waals surface area contributed by atoms with Gasteiger partial charge in [0.15, 0.2) is 73.2 Å². The van der Waals surface area contributed by atoms with Crippen molar-refractivity contribution in [1.29, 1.82) is 0 Å². The van der Waals surface area contributed by atoms with Crippen LogP contribution in [0.1, 0.15) is 43.2 Å². The van der Waals surface area contributed by atoms with Crippen molar-refractivity contribution in [1.82, 2.24) is 0 Å². The normalized spacial score (nSPS) is 10.8. The smallest absolute Gasteiger partial charge is 0.188 e. The van der Waals surface area contributed by atoms with Gasteiger partial charge in [0.05, 0.1) is 28.4 Å². The van der Waals surface area contributed by atoms with Gasteiger partial charge in [-0.1, -0.05) is 19.3 Å². The molecule has 0 saturated heterocycles. The lowest BCUT2D eigenvalue weighted by atomic mass is 10.00. The van der Waals surface area contributed by atoms with E-state index in [2.05, 4.69) is 0 Å². The van der Waals surface area contributed by atoms with Gasteiger partial charge in [-0.3, -0.25) is 0 Å². The molecule has 2 rings (SSSR count). The van der Waals surface area contributed by atoms with Gasteiger partial charge >= 0.3 is 0 Å². The van der Waals surface area contributed by atoms with E-state index in [-0.39, 0.29) is 27.2 Å². The van der Waals surface area contributed by atoms with Crippen molar-refractivity contribution in [2.24, 2.45) is 0 Å². The maximum atomic E-state index is 5.89. The fourth-order valence-corrected chi connectivity index (χ4v) is 4.65. The molecule has 0 aliphatic rings. The third-order valence-corrected chi connectivity index (χ3v) is 6.52. The molecule has 12 heteroatoms. The van der Waals surface area contributed by atoms with Gasteiger partial charge in [0.1, 0.15) is 0 Å². The van der Waals surface area contributed by atoms with Gasteiger partial charge in [0.2, 0.25) is 0 Å². The number of ether oxygens (including phenoxy) is 12. The lowest BCUT2D eigenvalue weighted by molar-refractivity contribution is 0.0444. The van der Waals surface area contributed by atoms with Crippen LogP contribution in [0.15, 0.2) is 12.1 Å². The molecule has 0 aliphatic heterocycles. The van der Waals surface area contributed by atoms with Gasteiger partial charge in [0.25, 0.3) is 0 Å². The third-order valence-electron chi connectivity index (χ3n) is 6.52. The topological polar surface area (TPSA) is 111 Å². The van der Waals surface area contributed by atoms with E-state index in [4.69, 9.17) is 56.8 Å². The molecule has 0 amide bonds. The number of methoxy groups -OCH3 is 8. The Bertz CT molecular complexity index is 992. The molecule has 0 atom stereocenters. The van der Waals surface area contributed by atoms with Crippen molar-refractivity contribution in [2.75, 3.05) is 84.1 Å². The molecule has 0 saturated carbocycles. The number of hydrogen-bond donors (Lipinski definition) is 0. The van der Waals surface area contributed by atoms with Crippen molar-refractivity contribution < 1.29 is 56.8 Å². The van der Waals surface area contributed by atoms with Crippen LogP contribution in [0.5, 0.6) is 46.0 Å². The van der Waals surface area contributed by atoms with E-state index in [0.29, 0.717) is 58.8 Å². The second-order valence-electron chi connectivity index (χ2n) is 9.31. The van der Waals surface area contributed by atoms with Gasteiger partial charge in [-0.2, -0.15) is 0 Å². The molecule has 43 heavy (non-hydrogen) atoms. The summed E-state index contributed by atoms with van der Waals surface area (Å²) < 4.78 is 66.4. The zero-order valence-electron chi connectivity index (χ0n) is 26.8. The monoisotopic (exact) mass is 612 g/mol. The van der Waals surface area contributed by atoms with Crippen LogP contribution in [0.3, 0.4) is 0 Å². The van der Waals surface area contributed by atoms with Crippen molar-refractivity contribution in [3.63, 3.8) is 0 Å². The maximum Gasteiger partial charge on any atom is 0.188 e. The molecule has 0 radical (unpaired) electrons. The Morgan fingerprint density at radius 2 is 0.721 bits per heavy atom. The van der Waals surface area contributed by atoms with E-state index in [0.717, 1.165) is 43.2 Å². The SMILES string of the molecule is COCOc1cc(OC)c(OCOC)c(CCCCCCCc2c(OC)c(OCOC)cc(OC)c2OCOC)c1OC. The fourth-order valence-electron chi connectivity index (χ4n) is 4.65. The van der Waals surface area contributed by atoms with Gasteiger partial charge in [-0.05, 0) is 25.7 Å². The second kappa shape index (κ2) is 20.6. The van der Waals surface area contributed by atoms with Crippen molar-refractivity contribution in [3.05, 3.63) is 23.3 Å². The Labute approximate surface area is 255 Å². The predicted molar refractivity (Wildman–Crippen MR) is 160 cm³/mol.